The molecule has 0 aliphatic carbocycles. The molecule has 1 aromatic heterocycles. The zero-order chi connectivity index (χ0) is 12.3. The summed E-state index contributed by atoms with van der Waals surface area (Å²) in [5, 5.41) is 13.7. The highest BCUT2D eigenvalue weighted by Crippen LogP contribution is 2.26. The molecule has 0 bridgehead atoms. The first-order chi connectivity index (χ1) is 8.22. The molecule has 1 N–H and O–H groups in total. The Morgan fingerprint density at radius 1 is 1.35 bits per heavy atom. The van der Waals surface area contributed by atoms with Crippen molar-refractivity contribution in [3.63, 3.8) is 0 Å². The van der Waals surface area contributed by atoms with E-state index in [0.29, 0.717) is 5.15 Å². The highest BCUT2D eigenvalue weighted by atomic mass is 35.5. The van der Waals surface area contributed by atoms with Crippen molar-refractivity contribution in [2.75, 3.05) is 5.32 Å². The van der Waals surface area contributed by atoms with Crippen molar-refractivity contribution in [3.05, 3.63) is 42.1 Å². The Morgan fingerprint density at radius 3 is 2.76 bits per heavy atom. The molecule has 0 aliphatic rings. The number of aromatic nitrogens is 2. The number of nitrogens with zero attached hydrogens (tertiary/aromatic N) is 2. The smallest absolute Gasteiger partial charge is 0.159 e. The summed E-state index contributed by atoms with van der Waals surface area (Å²) < 4.78 is 0. The van der Waals surface area contributed by atoms with Crippen LogP contribution in [0.2, 0.25) is 5.15 Å². The van der Waals surface area contributed by atoms with Gasteiger partial charge in [0.25, 0.3) is 0 Å². The van der Waals surface area contributed by atoms with E-state index < -0.39 is 0 Å². The summed E-state index contributed by atoms with van der Waals surface area (Å²) in [6, 6.07) is 8.09. The van der Waals surface area contributed by atoms with Crippen LogP contribution in [0, 0.1) is 0 Å². The Morgan fingerprint density at radius 2 is 2.06 bits per heavy atom. The normalized spacial score (nSPS) is 12.4. The molecule has 0 amide bonds. The van der Waals surface area contributed by atoms with E-state index in [2.05, 4.69) is 29.0 Å². The van der Waals surface area contributed by atoms with E-state index in [4.69, 9.17) is 11.6 Å². The summed E-state index contributed by atoms with van der Waals surface area (Å²) >= 11 is 6.01. The number of halogens is 1. The van der Waals surface area contributed by atoms with Crippen LogP contribution < -0.4 is 5.32 Å². The van der Waals surface area contributed by atoms with Gasteiger partial charge in [0.1, 0.15) is 0 Å². The van der Waals surface area contributed by atoms with Gasteiger partial charge in [-0.05, 0) is 13.3 Å². The highest BCUT2D eigenvalue weighted by molar-refractivity contribution is 6.34. The van der Waals surface area contributed by atoms with Crippen LogP contribution in [0.25, 0.3) is 10.8 Å². The van der Waals surface area contributed by atoms with E-state index in [1.165, 1.54) is 0 Å². The fraction of sp³-hybridized carbons (Fsp3) is 0.231. The summed E-state index contributed by atoms with van der Waals surface area (Å²) in [6.07, 6.45) is 2.75. The maximum Gasteiger partial charge on any atom is 0.159 e. The summed E-state index contributed by atoms with van der Waals surface area (Å²) in [5.74, 6) is 0.763. The van der Waals surface area contributed by atoms with E-state index in [1.807, 2.05) is 30.3 Å². The first kappa shape index (κ1) is 11.9. The first-order valence-corrected chi connectivity index (χ1v) is 5.88. The molecule has 88 valence electrons. The average Bonchev–Trinajstić information content (AvgIpc) is 2.34. The molecule has 2 rings (SSSR count). The van der Waals surface area contributed by atoms with Crippen LogP contribution in [0.1, 0.15) is 13.3 Å². The second-order valence-corrected chi connectivity index (χ2v) is 4.31. The molecule has 0 fully saturated rings. The minimum Gasteiger partial charge on any atom is -0.365 e. The van der Waals surface area contributed by atoms with E-state index in [0.717, 1.165) is 23.0 Å². The molecule has 1 aromatic carbocycles. The third-order valence-corrected chi connectivity index (χ3v) is 2.82. The fourth-order valence-corrected chi connectivity index (χ4v) is 1.92. The van der Waals surface area contributed by atoms with Crippen molar-refractivity contribution in [2.24, 2.45) is 0 Å². The highest BCUT2D eigenvalue weighted by Gasteiger charge is 2.08. The van der Waals surface area contributed by atoms with Crippen LogP contribution in [-0.4, -0.2) is 16.2 Å². The minimum absolute atomic E-state index is 0.270. The second kappa shape index (κ2) is 5.15. The summed E-state index contributed by atoms with van der Waals surface area (Å²) in [5.41, 5.74) is 0. The van der Waals surface area contributed by atoms with Crippen LogP contribution in [0.4, 0.5) is 5.82 Å². The molecule has 0 saturated carbocycles. The lowest BCUT2D eigenvalue weighted by atomic mass is 10.1. The van der Waals surface area contributed by atoms with Gasteiger partial charge in [-0.2, -0.15) is 0 Å². The molecule has 0 saturated heterocycles. The predicted octanol–water partition coefficient (Wildman–Crippen LogP) is 3.66. The molecule has 1 heterocycles. The maximum atomic E-state index is 6.01. The number of benzene rings is 1. The third kappa shape index (κ3) is 2.56. The van der Waals surface area contributed by atoms with Crippen molar-refractivity contribution in [3.8, 4) is 0 Å². The van der Waals surface area contributed by atoms with Gasteiger partial charge in [-0.15, -0.1) is 16.8 Å². The number of rotatable bonds is 4. The minimum atomic E-state index is 0.270. The van der Waals surface area contributed by atoms with Gasteiger partial charge < -0.3 is 5.32 Å². The molecule has 17 heavy (non-hydrogen) atoms. The number of fused-ring (bicyclic) bond motifs is 1. The van der Waals surface area contributed by atoms with Crippen molar-refractivity contribution in [1.29, 1.82) is 0 Å². The monoisotopic (exact) mass is 247 g/mol. The molecule has 4 heteroatoms. The van der Waals surface area contributed by atoms with Gasteiger partial charge in [0, 0.05) is 16.8 Å². The topological polar surface area (TPSA) is 37.8 Å². The lowest BCUT2D eigenvalue weighted by Gasteiger charge is -2.13. The van der Waals surface area contributed by atoms with Crippen LogP contribution in [-0.2, 0) is 0 Å². The van der Waals surface area contributed by atoms with Crippen molar-refractivity contribution in [2.45, 2.75) is 19.4 Å². The van der Waals surface area contributed by atoms with Gasteiger partial charge in [0.05, 0.1) is 0 Å². The first-order valence-electron chi connectivity index (χ1n) is 5.50. The van der Waals surface area contributed by atoms with Gasteiger partial charge >= 0.3 is 0 Å². The van der Waals surface area contributed by atoms with Gasteiger partial charge in [-0.1, -0.05) is 41.9 Å². The third-order valence-electron chi connectivity index (χ3n) is 2.55. The number of hydrogen-bond donors (Lipinski definition) is 1. The zero-order valence-electron chi connectivity index (χ0n) is 9.65. The quantitative estimate of drug-likeness (QED) is 0.838. The maximum absolute atomic E-state index is 6.01. The summed E-state index contributed by atoms with van der Waals surface area (Å²) in [6.45, 7) is 5.80. The molecule has 0 spiro atoms. The van der Waals surface area contributed by atoms with E-state index in [-0.39, 0.29) is 6.04 Å². The van der Waals surface area contributed by atoms with Crippen molar-refractivity contribution >= 4 is 28.2 Å². The Hall–Kier alpha value is -1.61. The van der Waals surface area contributed by atoms with Gasteiger partial charge in [0.15, 0.2) is 11.0 Å². The standard InChI is InChI=1S/C13H14ClN3/c1-3-6-9(2)15-13-11-8-5-4-7-10(11)12(14)16-17-13/h3-5,7-9H,1,6H2,2H3,(H,15,17). The molecular formula is C13H14ClN3. The molecular weight excluding hydrogens is 234 g/mol. The molecule has 0 aliphatic heterocycles. The summed E-state index contributed by atoms with van der Waals surface area (Å²) in [7, 11) is 0. The lowest BCUT2D eigenvalue weighted by molar-refractivity contribution is 0.803. The van der Waals surface area contributed by atoms with Gasteiger partial charge in [-0.3, -0.25) is 0 Å². The molecule has 0 radical (unpaired) electrons. The van der Waals surface area contributed by atoms with Crippen LogP contribution in [0.15, 0.2) is 36.9 Å². The van der Waals surface area contributed by atoms with Gasteiger partial charge in [0.2, 0.25) is 0 Å². The summed E-state index contributed by atoms with van der Waals surface area (Å²) in [4.78, 5) is 0. The van der Waals surface area contributed by atoms with E-state index in [1.54, 1.807) is 0 Å². The van der Waals surface area contributed by atoms with Crippen molar-refractivity contribution < 1.29 is 0 Å². The van der Waals surface area contributed by atoms with E-state index >= 15 is 0 Å². The van der Waals surface area contributed by atoms with Crippen molar-refractivity contribution in [1.82, 2.24) is 10.2 Å². The average molecular weight is 248 g/mol. The lowest BCUT2D eigenvalue weighted by Crippen LogP contribution is -2.15. The number of hydrogen-bond acceptors (Lipinski definition) is 3. The second-order valence-electron chi connectivity index (χ2n) is 3.95. The Balaban J connectivity index is 2.41. The molecule has 3 nitrogen and oxygen atoms in total. The van der Waals surface area contributed by atoms with Crippen LogP contribution in [0.3, 0.4) is 0 Å². The molecule has 1 atom stereocenters. The van der Waals surface area contributed by atoms with Crippen LogP contribution >= 0.6 is 11.6 Å². The number of nitrogens with one attached hydrogen (secondary N) is 1. The Labute approximate surface area is 106 Å². The molecule has 1 unspecified atom stereocenters. The largest absolute Gasteiger partial charge is 0.365 e. The van der Waals surface area contributed by atoms with Crippen LogP contribution in [0.5, 0.6) is 0 Å². The number of anilines is 1. The SMILES string of the molecule is C=CCC(C)Nc1nnc(Cl)c2ccccc12. The predicted molar refractivity (Wildman–Crippen MR) is 72.4 cm³/mol. The Kier molecular flexibility index (Phi) is 3.59. The fourth-order valence-electron chi connectivity index (χ4n) is 1.72. The van der Waals surface area contributed by atoms with E-state index in [9.17, 15) is 0 Å². The Bertz CT molecular complexity index is 539. The van der Waals surface area contributed by atoms with Gasteiger partial charge in [-0.25, -0.2) is 0 Å². The zero-order valence-corrected chi connectivity index (χ0v) is 10.4. The molecule has 2 aromatic rings.